The van der Waals surface area contributed by atoms with E-state index >= 15 is 0 Å². The fraction of sp³-hybridized carbons (Fsp3) is 0.176. The maximum absolute atomic E-state index is 12.2. The molecule has 4 nitrogen and oxygen atoms in total. The van der Waals surface area contributed by atoms with Gasteiger partial charge < -0.3 is 9.47 Å². The Morgan fingerprint density at radius 1 is 1.09 bits per heavy atom. The van der Waals surface area contributed by atoms with E-state index in [1.807, 2.05) is 0 Å². The van der Waals surface area contributed by atoms with Gasteiger partial charge in [0.1, 0.15) is 11.5 Å². The first kappa shape index (κ1) is 16.0. The van der Waals surface area contributed by atoms with Gasteiger partial charge in [-0.25, -0.2) is 4.79 Å². The second-order valence-corrected chi connectivity index (χ2v) is 5.18. The largest absolute Gasteiger partial charge is 0.497 e. The van der Waals surface area contributed by atoms with Crippen LogP contribution in [0, 0.1) is 6.92 Å². The SMILES string of the molecule is COc1ccc(C(=O)Oc2cc(C)c(Cl)cc2C(C)=O)cc1. The number of esters is 1. The first-order chi connectivity index (χ1) is 10.4. The summed E-state index contributed by atoms with van der Waals surface area (Å²) in [4.78, 5) is 23.8. The molecule has 0 aliphatic rings. The Bertz CT molecular complexity index is 720. The maximum atomic E-state index is 12.2. The van der Waals surface area contributed by atoms with Crippen LogP contribution in [-0.2, 0) is 0 Å². The van der Waals surface area contributed by atoms with Crippen molar-refractivity contribution in [1.29, 1.82) is 0 Å². The number of carbonyl (C=O) groups excluding carboxylic acids is 2. The van der Waals surface area contributed by atoms with Crippen molar-refractivity contribution in [2.24, 2.45) is 0 Å². The highest BCUT2D eigenvalue weighted by Crippen LogP contribution is 2.28. The molecule has 2 aromatic carbocycles. The molecule has 0 aliphatic heterocycles. The second kappa shape index (κ2) is 6.62. The average Bonchev–Trinajstić information content (AvgIpc) is 2.50. The molecule has 2 aromatic rings. The number of aryl methyl sites for hydroxylation is 1. The standard InChI is InChI=1S/C17H15ClO4/c1-10-8-16(14(11(2)19)9-15(10)18)22-17(20)12-4-6-13(21-3)7-5-12/h4-9H,1-3H3. The van der Waals surface area contributed by atoms with Gasteiger partial charge in [0.15, 0.2) is 5.78 Å². The molecule has 0 unspecified atom stereocenters. The van der Waals surface area contributed by atoms with Crippen LogP contribution in [0.1, 0.15) is 33.2 Å². The Hall–Kier alpha value is -2.33. The summed E-state index contributed by atoms with van der Waals surface area (Å²) in [6.07, 6.45) is 0. The molecule has 0 spiro atoms. The van der Waals surface area contributed by atoms with E-state index in [4.69, 9.17) is 21.1 Å². The Balaban J connectivity index is 2.31. The zero-order valence-electron chi connectivity index (χ0n) is 12.5. The zero-order chi connectivity index (χ0) is 16.3. The molecule has 0 amide bonds. The zero-order valence-corrected chi connectivity index (χ0v) is 13.2. The van der Waals surface area contributed by atoms with Crippen molar-refractivity contribution in [3.8, 4) is 11.5 Å². The van der Waals surface area contributed by atoms with Crippen LogP contribution in [0.5, 0.6) is 11.5 Å². The van der Waals surface area contributed by atoms with Gasteiger partial charge in [0, 0.05) is 5.02 Å². The van der Waals surface area contributed by atoms with Crippen molar-refractivity contribution >= 4 is 23.4 Å². The smallest absolute Gasteiger partial charge is 0.343 e. The van der Waals surface area contributed by atoms with Crippen LogP contribution in [0.3, 0.4) is 0 Å². The fourth-order valence-electron chi connectivity index (χ4n) is 1.90. The molecule has 0 saturated carbocycles. The van der Waals surface area contributed by atoms with Gasteiger partial charge in [-0.15, -0.1) is 0 Å². The highest BCUT2D eigenvalue weighted by molar-refractivity contribution is 6.31. The number of hydrogen-bond acceptors (Lipinski definition) is 4. The van der Waals surface area contributed by atoms with E-state index in [9.17, 15) is 9.59 Å². The Labute approximate surface area is 133 Å². The maximum Gasteiger partial charge on any atom is 0.343 e. The lowest BCUT2D eigenvalue weighted by Gasteiger charge is -2.10. The molecule has 0 radical (unpaired) electrons. The number of carbonyl (C=O) groups is 2. The van der Waals surface area contributed by atoms with Crippen LogP contribution in [-0.4, -0.2) is 18.9 Å². The van der Waals surface area contributed by atoms with E-state index in [1.165, 1.54) is 13.0 Å². The van der Waals surface area contributed by atoms with E-state index in [0.29, 0.717) is 16.3 Å². The number of hydrogen-bond donors (Lipinski definition) is 0. The number of ketones is 1. The monoisotopic (exact) mass is 318 g/mol. The van der Waals surface area contributed by atoms with Crippen molar-refractivity contribution in [1.82, 2.24) is 0 Å². The molecule has 2 rings (SSSR count). The number of methoxy groups -OCH3 is 1. The van der Waals surface area contributed by atoms with Gasteiger partial charge in [0.25, 0.3) is 0 Å². The lowest BCUT2D eigenvalue weighted by atomic mass is 10.1. The highest BCUT2D eigenvalue weighted by Gasteiger charge is 2.16. The minimum atomic E-state index is -0.549. The predicted octanol–water partition coefficient (Wildman–Crippen LogP) is 4.08. The van der Waals surface area contributed by atoms with E-state index in [2.05, 4.69) is 0 Å². The van der Waals surface area contributed by atoms with Crippen LogP contribution >= 0.6 is 11.6 Å². The van der Waals surface area contributed by atoms with E-state index < -0.39 is 5.97 Å². The molecular weight excluding hydrogens is 304 g/mol. The lowest BCUT2D eigenvalue weighted by molar-refractivity contribution is 0.0733. The van der Waals surface area contributed by atoms with Crippen LogP contribution in [0.25, 0.3) is 0 Å². The van der Waals surface area contributed by atoms with Crippen LogP contribution < -0.4 is 9.47 Å². The molecule has 0 fully saturated rings. The molecule has 0 N–H and O–H groups in total. The predicted molar refractivity (Wildman–Crippen MR) is 84.1 cm³/mol. The Morgan fingerprint density at radius 2 is 1.73 bits per heavy atom. The van der Waals surface area contributed by atoms with Gasteiger partial charge in [-0.3, -0.25) is 4.79 Å². The van der Waals surface area contributed by atoms with E-state index in [1.54, 1.807) is 44.4 Å². The molecule has 5 heteroatoms. The van der Waals surface area contributed by atoms with Crippen LogP contribution in [0.15, 0.2) is 36.4 Å². The van der Waals surface area contributed by atoms with Gasteiger partial charge in [-0.2, -0.15) is 0 Å². The number of halogens is 1. The number of rotatable bonds is 4. The van der Waals surface area contributed by atoms with Gasteiger partial charge in [-0.05, 0) is 55.8 Å². The molecule has 0 saturated heterocycles. The molecule has 0 aromatic heterocycles. The molecule has 0 atom stereocenters. The third-order valence-electron chi connectivity index (χ3n) is 3.17. The van der Waals surface area contributed by atoms with Crippen molar-refractivity contribution in [3.63, 3.8) is 0 Å². The average molecular weight is 319 g/mol. The normalized spacial score (nSPS) is 10.2. The number of benzene rings is 2. The van der Waals surface area contributed by atoms with Gasteiger partial charge in [0.2, 0.25) is 0 Å². The van der Waals surface area contributed by atoms with E-state index in [-0.39, 0.29) is 17.1 Å². The first-order valence-electron chi connectivity index (χ1n) is 6.59. The summed E-state index contributed by atoms with van der Waals surface area (Å²) in [6, 6.07) is 9.61. The Kier molecular flexibility index (Phi) is 4.83. The summed E-state index contributed by atoms with van der Waals surface area (Å²) in [5.74, 6) is 0.0739. The quantitative estimate of drug-likeness (QED) is 0.484. The molecule has 0 aliphatic carbocycles. The summed E-state index contributed by atoms with van der Waals surface area (Å²) in [7, 11) is 1.54. The molecule has 0 bridgehead atoms. The lowest BCUT2D eigenvalue weighted by Crippen LogP contribution is -2.11. The van der Waals surface area contributed by atoms with Crippen molar-refractivity contribution in [2.75, 3.05) is 7.11 Å². The highest BCUT2D eigenvalue weighted by atomic mass is 35.5. The van der Waals surface area contributed by atoms with E-state index in [0.717, 1.165) is 5.56 Å². The van der Waals surface area contributed by atoms with Gasteiger partial charge in [-0.1, -0.05) is 11.6 Å². The molecular formula is C17H15ClO4. The van der Waals surface area contributed by atoms with Gasteiger partial charge >= 0.3 is 5.97 Å². The van der Waals surface area contributed by atoms with Crippen molar-refractivity contribution in [3.05, 3.63) is 58.1 Å². The van der Waals surface area contributed by atoms with Gasteiger partial charge in [0.05, 0.1) is 18.2 Å². The van der Waals surface area contributed by atoms with Crippen LogP contribution in [0.2, 0.25) is 5.02 Å². The van der Waals surface area contributed by atoms with Crippen molar-refractivity contribution < 1.29 is 19.1 Å². The first-order valence-corrected chi connectivity index (χ1v) is 6.97. The molecule has 114 valence electrons. The second-order valence-electron chi connectivity index (χ2n) is 4.77. The summed E-state index contributed by atoms with van der Waals surface area (Å²) in [5.41, 5.74) is 1.37. The molecule has 22 heavy (non-hydrogen) atoms. The minimum Gasteiger partial charge on any atom is -0.497 e. The third-order valence-corrected chi connectivity index (χ3v) is 3.58. The summed E-state index contributed by atoms with van der Waals surface area (Å²) in [6.45, 7) is 3.17. The summed E-state index contributed by atoms with van der Waals surface area (Å²) in [5, 5.41) is 0.453. The summed E-state index contributed by atoms with van der Waals surface area (Å²) < 4.78 is 10.4. The number of ether oxygens (including phenoxy) is 2. The topological polar surface area (TPSA) is 52.6 Å². The fourth-order valence-corrected chi connectivity index (χ4v) is 2.06. The number of Topliss-reactive ketones (excluding diaryl/α,β-unsaturated/α-hetero) is 1. The molecule has 0 heterocycles. The summed E-state index contributed by atoms with van der Waals surface area (Å²) >= 11 is 6.01. The minimum absolute atomic E-state index is 0.204. The van der Waals surface area contributed by atoms with Crippen LogP contribution in [0.4, 0.5) is 0 Å². The Morgan fingerprint density at radius 3 is 2.27 bits per heavy atom. The third kappa shape index (κ3) is 3.46. The van der Waals surface area contributed by atoms with Crippen molar-refractivity contribution in [2.45, 2.75) is 13.8 Å².